The fraction of sp³-hybridized carbons (Fsp3) is 0.0156. The Morgan fingerprint density at radius 2 is 0.765 bits per heavy atom. The average Bonchev–Trinajstić information content (AvgIpc) is 3.92. The molecule has 1 spiro atoms. The van der Waals surface area contributed by atoms with Crippen molar-refractivity contribution in [1.82, 2.24) is 19.5 Å². The second kappa shape index (κ2) is 15.0. The molecular formula is C64H40N4. The molecule has 1 aliphatic heterocycles. The summed E-state index contributed by atoms with van der Waals surface area (Å²) in [6.07, 6.45) is 0. The molecule has 0 fully saturated rings. The summed E-state index contributed by atoms with van der Waals surface area (Å²) < 4.78 is 2.50. The van der Waals surface area contributed by atoms with Gasteiger partial charge >= 0.3 is 0 Å². The fourth-order valence-corrected chi connectivity index (χ4v) is 11.3. The van der Waals surface area contributed by atoms with Crippen LogP contribution in [0.3, 0.4) is 0 Å². The average molecular weight is 865 g/mol. The molecule has 0 saturated carbocycles. The molecular weight excluding hydrogens is 825 g/mol. The topological polar surface area (TPSA) is 43.6 Å². The number of hydrogen-bond donors (Lipinski definition) is 0. The smallest absolute Gasteiger partial charge is 0.164 e. The first-order valence-electron chi connectivity index (χ1n) is 23.3. The van der Waals surface area contributed by atoms with Crippen molar-refractivity contribution in [3.63, 3.8) is 0 Å². The summed E-state index contributed by atoms with van der Waals surface area (Å²) >= 11 is 0. The van der Waals surface area contributed by atoms with Gasteiger partial charge in [-0.15, -0.1) is 0 Å². The van der Waals surface area contributed by atoms with E-state index in [1.54, 1.807) is 0 Å². The van der Waals surface area contributed by atoms with Crippen LogP contribution in [0.5, 0.6) is 0 Å². The zero-order valence-corrected chi connectivity index (χ0v) is 36.9. The Bertz CT molecular complexity index is 3950. The number of aromatic nitrogens is 4. The third kappa shape index (κ3) is 5.64. The highest BCUT2D eigenvalue weighted by atomic mass is 15.0. The molecule has 2 aliphatic rings. The van der Waals surface area contributed by atoms with Gasteiger partial charge in [-0.1, -0.05) is 224 Å². The molecule has 0 radical (unpaired) electrons. The van der Waals surface area contributed by atoms with Gasteiger partial charge in [0.1, 0.15) is 0 Å². The molecule has 3 heterocycles. The van der Waals surface area contributed by atoms with Crippen LogP contribution in [0, 0.1) is 0 Å². The second-order valence-electron chi connectivity index (χ2n) is 17.9. The maximum absolute atomic E-state index is 5.18. The van der Waals surface area contributed by atoms with Gasteiger partial charge in [-0.05, 0) is 85.0 Å². The summed E-state index contributed by atoms with van der Waals surface area (Å²) in [6.45, 7) is 0. The molecule has 1 atom stereocenters. The number of hydrogen-bond acceptors (Lipinski definition) is 3. The highest BCUT2D eigenvalue weighted by molar-refractivity contribution is 6.13. The van der Waals surface area contributed by atoms with Crippen LogP contribution < -0.4 is 0 Å². The number of benzene rings is 10. The van der Waals surface area contributed by atoms with E-state index in [2.05, 4.69) is 223 Å². The van der Waals surface area contributed by atoms with Crippen LogP contribution in [-0.2, 0) is 5.41 Å². The maximum atomic E-state index is 5.18. The van der Waals surface area contributed by atoms with Crippen LogP contribution in [0.25, 0.3) is 106 Å². The molecule has 10 aromatic carbocycles. The van der Waals surface area contributed by atoms with E-state index in [1.165, 1.54) is 77.6 Å². The zero-order chi connectivity index (χ0) is 44.8. The van der Waals surface area contributed by atoms with Gasteiger partial charge in [-0.2, -0.15) is 0 Å². The first-order valence-corrected chi connectivity index (χ1v) is 23.3. The highest BCUT2D eigenvalue weighted by Crippen LogP contribution is 2.62. The van der Waals surface area contributed by atoms with Crippen molar-refractivity contribution in [1.29, 1.82) is 0 Å². The van der Waals surface area contributed by atoms with Gasteiger partial charge in [-0.3, -0.25) is 0 Å². The van der Waals surface area contributed by atoms with Gasteiger partial charge in [0.25, 0.3) is 0 Å². The quantitative estimate of drug-likeness (QED) is 0.167. The van der Waals surface area contributed by atoms with Crippen LogP contribution in [0.15, 0.2) is 243 Å². The number of para-hydroxylation sites is 3. The van der Waals surface area contributed by atoms with Crippen molar-refractivity contribution < 1.29 is 0 Å². The van der Waals surface area contributed by atoms with Crippen molar-refractivity contribution in [3.05, 3.63) is 265 Å². The molecule has 4 nitrogen and oxygen atoms in total. The van der Waals surface area contributed by atoms with E-state index in [-0.39, 0.29) is 0 Å². The van der Waals surface area contributed by atoms with E-state index in [4.69, 9.17) is 15.0 Å². The van der Waals surface area contributed by atoms with Crippen molar-refractivity contribution in [2.24, 2.45) is 0 Å². The van der Waals surface area contributed by atoms with E-state index in [9.17, 15) is 0 Å². The van der Waals surface area contributed by atoms with E-state index in [0.29, 0.717) is 17.5 Å². The Hall–Kier alpha value is -8.99. The van der Waals surface area contributed by atoms with Gasteiger partial charge in [0, 0.05) is 27.5 Å². The molecule has 68 heavy (non-hydrogen) atoms. The maximum Gasteiger partial charge on any atom is 0.164 e. The second-order valence-corrected chi connectivity index (χ2v) is 17.9. The van der Waals surface area contributed by atoms with Gasteiger partial charge in [0.15, 0.2) is 17.5 Å². The summed E-state index contributed by atoms with van der Waals surface area (Å²) in [5.74, 6) is 1.89. The lowest BCUT2D eigenvalue weighted by Crippen LogP contribution is -2.33. The molecule has 4 heteroatoms. The minimum atomic E-state index is -0.513. The molecule has 0 amide bonds. The number of nitrogens with zero attached hydrogens (tertiary/aromatic N) is 4. The molecule has 0 N–H and O–H groups in total. The van der Waals surface area contributed by atoms with E-state index in [1.807, 2.05) is 24.3 Å². The molecule has 0 saturated heterocycles. The lowest BCUT2D eigenvalue weighted by atomic mass is 9.65. The Morgan fingerprint density at radius 1 is 0.294 bits per heavy atom. The normalized spacial score (nSPS) is 14.2. The minimum absolute atomic E-state index is 0.513. The first-order chi connectivity index (χ1) is 33.7. The fourth-order valence-electron chi connectivity index (χ4n) is 11.3. The summed E-state index contributed by atoms with van der Waals surface area (Å²) in [5.41, 5.74) is 20.8. The molecule has 1 aliphatic carbocycles. The van der Waals surface area contributed by atoms with Crippen LogP contribution in [0.2, 0.25) is 0 Å². The zero-order valence-electron chi connectivity index (χ0n) is 36.9. The molecule has 316 valence electrons. The summed E-state index contributed by atoms with van der Waals surface area (Å²) in [6, 6.07) is 87.5. The van der Waals surface area contributed by atoms with Crippen LogP contribution in [0.1, 0.15) is 22.3 Å². The standard InChI is InChI=1S/C64H40N4/c1-3-16-41(17-4-1)42-32-34-43(35-33-42)47-20-13-21-48(40-47)63-66-61(45-18-5-2-6-19-45)65-62(67-63)46-38-36-44(37-39-46)49-24-14-28-55-59(49)52-23-7-9-26-53(52)64(55)54-27-10-12-31-58(54)68-57-30-11-8-22-50(57)51-25-15-29-56(64)60(51)68/h1-40H. The largest absolute Gasteiger partial charge is 0.309 e. The summed E-state index contributed by atoms with van der Waals surface area (Å²) in [5, 5.41) is 2.55. The number of fused-ring (bicyclic) bond motifs is 12. The predicted octanol–water partition coefficient (Wildman–Crippen LogP) is 15.6. The van der Waals surface area contributed by atoms with Gasteiger partial charge in [0.2, 0.25) is 0 Å². The Labute approximate surface area is 394 Å². The van der Waals surface area contributed by atoms with Crippen molar-refractivity contribution in [2.75, 3.05) is 0 Å². The Kier molecular flexibility index (Phi) is 8.46. The van der Waals surface area contributed by atoms with Crippen LogP contribution in [-0.4, -0.2) is 19.5 Å². The molecule has 1 unspecified atom stereocenters. The monoisotopic (exact) mass is 864 g/mol. The SMILES string of the molecule is c1ccc(-c2ccc(-c3cccc(-c4nc(-c5ccccc5)nc(-c5ccc(-c6cccc7c6-c6ccccc6C76c7ccccc7-n7c8ccccc8c8cccc6c87)cc5)n4)c3)cc2)cc1. The Morgan fingerprint density at radius 3 is 1.54 bits per heavy atom. The van der Waals surface area contributed by atoms with Crippen molar-refractivity contribution in [2.45, 2.75) is 5.41 Å². The number of rotatable bonds is 6. The van der Waals surface area contributed by atoms with E-state index >= 15 is 0 Å². The Balaban J connectivity index is 0.890. The lowest BCUT2D eigenvalue weighted by Gasteiger charge is -2.39. The molecule has 0 bridgehead atoms. The summed E-state index contributed by atoms with van der Waals surface area (Å²) in [7, 11) is 0. The third-order valence-electron chi connectivity index (χ3n) is 14.3. The van der Waals surface area contributed by atoms with Crippen LogP contribution in [0.4, 0.5) is 0 Å². The summed E-state index contributed by atoms with van der Waals surface area (Å²) in [4.78, 5) is 15.4. The minimum Gasteiger partial charge on any atom is -0.309 e. The van der Waals surface area contributed by atoms with Gasteiger partial charge in [-0.25, -0.2) is 15.0 Å². The molecule has 2 aromatic heterocycles. The molecule has 14 rings (SSSR count). The first kappa shape index (κ1) is 38.3. The van der Waals surface area contributed by atoms with Crippen molar-refractivity contribution >= 4 is 21.8 Å². The van der Waals surface area contributed by atoms with E-state index in [0.717, 1.165) is 33.4 Å². The lowest BCUT2D eigenvalue weighted by molar-refractivity contribution is 0.748. The van der Waals surface area contributed by atoms with Crippen molar-refractivity contribution in [3.8, 4) is 84.4 Å². The predicted molar refractivity (Wildman–Crippen MR) is 278 cm³/mol. The van der Waals surface area contributed by atoms with Gasteiger partial charge in [0.05, 0.1) is 22.1 Å². The van der Waals surface area contributed by atoms with Gasteiger partial charge < -0.3 is 4.57 Å². The van der Waals surface area contributed by atoms with E-state index < -0.39 is 5.41 Å². The van der Waals surface area contributed by atoms with Crippen LogP contribution >= 0.6 is 0 Å². The third-order valence-corrected chi connectivity index (χ3v) is 14.3. The molecule has 12 aromatic rings. The highest BCUT2D eigenvalue weighted by Gasteiger charge is 2.51.